The Bertz CT molecular complexity index is 719. The third-order valence-corrected chi connectivity index (χ3v) is 5.27. The van der Waals surface area contributed by atoms with Gasteiger partial charge < -0.3 is 4.84 Å². The predicted octanol–water partition coefficient (Wildman–Crippen LogP) is 0.176. The minimum Gasteiger partial charge on any atom is -0.329 e. The lowest BCUT2D eigenvalue weighted by Crippen LogP contribution is -2.35. The fourth-order valence-electron chi connectivity index (χ4n) is 2.40. The molecule has 0 radical (unpaired) electrons. The highest BCUT2D eigenvalue weighted by Gasteiger charge is 2.41. The molecular weight excluding hydrogens is 298 g/mol. The van der Waals surface area contributed by atoms with Gasteiger partial charge in [-0.3, -0.25) is 9.59 Å². The number of rotatable bonds is 2. The van der Waals surface area contributed by atoms with Gasteiger partial charge >= 0.3 is 5.97 Å². The zero-order valence-electron chi connectivity index (χ0n) is 10.8. The number of amides is 2. The molecule has 7 nitrogen and oxygen atoms in total. The van der Waals surface area contributed by atoms with Crippen LogP contribution in [0.1, 0.15) is 27.1 Å². The summed E-state index contributed by atoms with van der Waals surface area (Å²) >= 11 is 0. The summed E-state index contributed by atoms with van der Waals surface area (Å²) in [5, 5.41) is 0.401. The van der Waals surface area contributed by atoms with E-state index < -0.39 is 33.5 Å². The van der Waals surface area contributed by atoms with Crippen LogP contribution in [0.3, 0.4) is 0 Å². The first-order chi connectivity index (χ1) is 9.89. The van der Waals surface area contributed by atoms with Crippen LogP contribution in [0.4, 0.5) is 0 Å². The molecule has 0 aliphatic carbocycles. The predicted molar refractivity (Wildman–Crippen MR) is 69.8 cm³/mol. The Hall–Kier alpha value is -2.22. The maximum Gasteiger partial charge on any atom is 0.337 e. The first kappa shape index (κ1) is 13.7. The SMILES string of the molecule is O=C(ON1C(=O)c2ccccc2C1=O)C1CCS(=O)(=O)C1. The molecule has 0 spiro atoms. The third-order valence-electron chi connectivity index (χ3n) is 3.50. The number of sulfone groups is 1. The Balaban J connectivity index is 1.77. The number of fused-ring (bicyclic) bond motifs is 1. The van der Waals surface area contributed by atoms with Crippen molar-refractivity contribution in [1.82, 2.24) is 5.06 Å². The van der Waals surface area contributed by atoms with Crippen molar-refractivity contribution in [1.29, 1.82) is 0 Å². The van der Waals surface area contributed by atoms with Crippen LogP contribution in [0.2, 0.25) is 0 Å². The average Bonchev–Trinajstić information content (AvgIpc) is 2.93. The first-order valence-electron chi connectivity index (χ1n) is 6.29. The van der Waals surface area contributed by atoms with E-state index in [2.05, 4.69) is 0 Å². The lowest BCUT2D eigenvalue weighted by Gasteiger charge is -2.14. The second kappa shape index (κ2) is 4.66. The number of hydroxylamine groups is 2. The number of carbonyl (C=O) groups excluding carboxylic acids is 3. The molecule has 2 aliphatic heterocycles. The van der Waals surface area contributed by atoms with E-state index in [-0.39, 0.29) is 29.1 Å². The fraction of sp³-hybridized carbons (Fsp3) is 0.308. The van der Waals surface area contributed by atoms with Gasteiger partial charge in [-0.25, -0.2) is 13.2 Å². The van der Waals surface area contributed by atoms with Crippen LogP contribution in [0.25, 0.3) is 0 Å². The van der Waals surface area contributed by atoms with Gasteiger partial charge in [0.15, 0.2) is 9.84 Å². The minimum absolute atomic E-state index is 0.0884. The van der Waals surface area contributed by atoms with Crippen LogP contribution in [0, 0.1) is 5.92 Å². The van der Waals surface area contributed by atoms with Crippen LogP contribution in [-0.2, 0) is 19.5 Å². The molecule has 1 saturated heterocycles. The van der Waals surface area contributed by atoms with Gasteiger partial charge in [-0.15, -0.1) is 0 Å². The number of hydrogen-bond acceptors (Lipinski definition) is 6. The Morgan fingerprint density at radius 2 is 1.71 bits per heavy atom. The molecular formula is C13H11NO6S. The zero-order chi connectivity index (χ0) is 15.2. The Morgan fingerprint density at radius 1 is 1.14 bits per heavy atom. The van der Waals surface area contributed by atoms with Gasteiger partial charge in [-0.1, -0.05) is 17.2 Å². The maximum atomic E-state index is 12.0. The highest BCUT2D eigenvalue weighted by molar-refractivity contribution is 7.91. The molecule has 2 aliphatic rings. The van der Waals surface area contributed by atoms with E-state index in [0.717, 1.165) is 0 Å². The van der Waals surface area contributed by atoms with E-state index in [4.69, 9.17) is 4.84 Å². The Labute approximate surface area is 120 Å². The zero-order valence-corrected chi connectivity index (χ0v) is 11.6. The number of hydrogen-bond donors (Lipinski definition) is 0. The quantitative estimate of drug-likeness (QED) is 0.723. The van der Waals surface area contributed by atoms with Crippen LogP contribution >= 0.6 is 0 Å². The molecule has 0 saturated carbocycles. The van der Waals surface area contributed by atoms with Crippen molar-refractivity contribution in [3.05, 3.63) is 35.4 Å². The normalized spacial score (nSPS) is 23.2. The monoisotopic (exact) mass is 309 g/mol. The summed E-state index contributed by atoms with van der Waals surface area (Å²) in [6, 6.07) is 6.12. The van der Waals surface area contributed by atoms with Crippen molar-refractivity contribution in [2.45, 2.75) is 6.42 Å². The van der Waals surface area contributed by atoms with E-state index in [1.165, 1.54) is 12.1 Å². The largest absolute Gasteiger partial charge is 0.337 e. The number of carbonyl (C=O) groups is 3. The third kappa shape index (κ3) is 2.31. The van der Waals surface area contributed by atoms with Crippen LogP contribution < -0.4 is 0 Å². The topological polar surface area (TPSA) is 97.8 Å². The van der Waals surface area contributed by atoms with Crippen molar-refractivity contribution >= 4 is 27.6 Å². The summed E-state index contributed by atoms with van der Waals surface area (Å²) in [6.07, 6.45) is 0.143. The summed E-state index contributed by atoms with van der Waals surface area (Å²) in [6.45, 7) is 0. The van der Waals surface area contributed by atoms with Crippen molar-refractivity contribution < 1.29 is 27.6 Å². The molecule has 1 unspecified atom stereocenters. The molecule has 1 atom stereocenters. The summed E-state index contributed by atoms with van der Waals surface area (Å²) in [5.74, 6) is -3.54. The second-order valence-electron chi connectivity index (χ2n) is 4.96. The second-order valence-corrected chi connectivity index (χ2v) is 7.19. The summed E-state index contributed by atoms with van der Waals surface area (Å²) < 4.78 is 22.7. The molecule has 3 rings (SSSR count). The highest BCUT2D eigenvalue weighted by Crippen LogP contribution is 2.25. The standard InChI is InChI=1S/C13H11NO6S/c15-11-9-3-1-2-4-10(9)12(16)14(11)20-13(17)8-5-6-21(18,19)7-8/h1-4,8H,5-7H2. The van der Waals surface area contributed by atoms with Crippen molar-refractivity contribution in [3.8, 4) is 0 Å². The van der Waals surface area contributed by atoms with Gasteiger partial charge in [0.25, 0.3) is 11.8 Å². The Kier molecular flexibility index (Phi) is 3.05. The van der Waals surface area contributed by atoms with Gasteiger partial charge in [-0.05, 0) is 18.6 Å². The van der Waals surface area contributed by atoms with Gasteiger partial charge in [0.2, 0.25) is 0 Å². The van der Waals surface area contributed by atoms with Crippen molar-refractivity contribution in [2.24, 2.45) is 5.92 Å². The van der Waals surface area contributed by atoms with E-state index >= 15 is 0 Å². The highest BCUT2D eigenvalue weighted by atomic mass is 32.2. The molecule has 8 heteroatoms. The molecule has 21 heavy (non-hydrogen) atoms. The minimum atomic E-state index is -3.24. The molecule has 110 valence electrons. The molecule has 1 aromatic rings. The lowest BCUT2D eigenvalue weighted by molar-refractivity contribution is -0.172. The average molecular weight is 309 g/mol. The van der Waals surface area contributed by atoms with E-state index in [1.807, 2.05) is 0 Å². The Morgan fingerprint density at radius 3 is 2.19 bits per heavy atom. The van der Waals surface area contributed by atoms with Crippen LogP contribution in [0.15, 0.2) is 24.3 Å². The fourth-order valence-corrected chi connectivity index (χ4v) is 4.12. The summed E-state index contributed by atoms with van der Waals surface area (Å²) in [7, 11) is -3.24. The maximum absolute atomic E-state index is 12.0. The van der Waals surface area contributed by atoms with Crippen LogP contribution in [-0.4, -0.2) is 42.8 Å². The van der Waals surface area contributed by atoms with Gasteiger partial charge in [-0.2, -0.15) is 0 Å². The number of nitrogens with zero attached hydrogens (tertiary/aromatic N) is 1. The number of imide groups is 1. The summed E-state index contributed by atoms with van der Waals surface area (Å²) in [4.78, 5) is 40.7. The van der Waals surface area contributed by atoms with E-state index in [9.17, 15) is 22.8 Å². The molecule has 0 aromatic heterocycles. The summed E-state index contributed by atoms with van der Waals surface area (Å²) in [5.41, 5.74) is 0.323. The van der Waals surface area contributed by atoms with Gasteiger partial charge in [0.1, 0.15) is 0 Å². The van der Waals surface area contributed by atoms with Gasteiger partial charge in [0.05, 0.1) is 28.6 Å². The van der Waals surface area contributed by atoms with Crippen molar-refractivity contribution in [3.63, 3.8) is 0 Å². The van der Waals surface area contributed by atoms with Crippen LogP contribution in [0.5, 0.6) is 0 Å². The molecule has 2 heterocycles. The molecule has 1 fully saturated rings. The van der Waals surface area contributed by atoms with E-state index in [0.29, 0.717) is 5.06 Å². The van der Waals surface area contributed by atoms with Gasteiger partial charge in [0, 0.05) is 0 Å². The first-order valence-corrected chi connectivity index (χ1v) is 8.11. The lowest BCUT2D eigenvalue weighted by atomic mass is 10.1. The van der Waals surface area contributed by atoms with Crippen molar-refractivity contribution in [2.75, 3.05) is 11.5 Å². The number of benzene rings is 1. The molecule has 0 N–H and O–H groups in total. The smallest absolute Gasteiger partial charge is 0.329 e. The van der Waals surface area contributed by atoms with E-state index in [1.54, 1.807) is 12.1 Å². The molecule has 2 amide bonds. The molecule has 1 aromatic carbocycles. The molecule has 0 bridgehead atoms.